The Hall–Kier alpha value is -2.52. The van der Waals surface area contributed by atoms with E-state index in [9.17, 15) is 0 Å². The minimum absolute atomic E-state index is 0.395. The van der Waals surface area contributed by atoms with Crippen LogP contribution >= 0.6 is 15.9 Å². The molecule has 1 fully saturated rings. The van der Waals surface area contributed by atoms with Gasteiger partial charge in [0, 0.05) is 31.7 Å². The Bertz CT molecular complexity index is 805. The highest BCUT2D eigenvalue weighted by atomic mass is 79.9. The van der Waals surface area contributed by atoms with Crippen molar-refractivity contribution in [2.75, 3.05) is 55.6 Å². The molecular formula is C18H22BrN7O. The van der Waals surface area contributed by atoms with Crippen molar-refractivity contribution in [3.63, 3.8) is 0 Å². The number of halogens is 1. The summed E-state index contributed by atoms with van der Waals surface area (Å²) in [5.41, 5.74) is 3.97. The third-order valence-corrected chi connectivity index (χ3v) is 4.20. The van der Waals surface area contributed by atoms with Crippen LogP contribution in [-0.2, 0) is 4.74 Å². The van der Waals surface area contributed by atoms with E-state index in [4.69, 9.17) is 4.74 Å². The summed E-state index contributed by atoms with van der Waals surface area (Å²) < 4.78 is 6.23. The van der Waals surface area contributed by atoms with Crippen molar-refractivity contribution in [1.82, 2.24) is 15.0 Å². The lowest BCUT2D eigenvalue weighted by Crippen LogP contribution is -2.37. The molecule has 0 radical (unpaired) electrons. The first-order valence-corrected chi connectivity index (χ1v) is 9.38. The molecule has 9 heteroatoms. The van der Waals surface area contributed by atoms with Crippen LogP contribution in [0.2, 0.25) is 0 Å². The van der Waals surface area contributed by atoms with E-state index < -0.39 is 0 Å². The normalized spacial score (nSPS) is 15.2. The van der Waals surface area contributed by atoms with Crippen LogP contribution in [0.4, 0.5) is 17.8 Å². The summed E-state index contributed by atoms with van der Waals surface area (Å²) >= 11 is 3.49. The number of nitrogens with one attached hydrogen (secondary N) is 1. The van der Waals surface area contributed by atoms with Crippen LogP contribution in [0.1, 0.15) is 5.56 Å². The molecule has 27 heavy (non-hydrogen) atoms. The molecule has 1 N–H and O–H groups in total. The molecule has 0 aliphatic carbocycles. The third-order valence-electron chi connectivity index (χ3n) is 3.76. The van der Waals surface area contributed by atoms with Gasteiger partial charge < -0.3 is 14.5 Å². The highest BCUT2D eigenvalue weighted by Crippen LogP contribution is 2.16. The van der Waals surface area contributed by atoms with Gasteiger partial charge in [0.15, 0.2) is 0 Å². The van der Waals surface area contributed by atoms with E-state index in [2.05, 4.69) is 46.3 Å². The van der Waals surface area contributed by atoms with Crippen molar-refractivity contribution < 1.29 is 4.74 Å². The third kappa shape index (κ3) is 5.73. The quantitative estimate of drug-likeness (QED) is 0.555. The number of hydrazone groups is 1. The van der Waals surface area contributed by atoms with Crippen molar-refractivity contribution in [1.29, 1.82) is 0 Å². The van der Waals surface area contributed by atoms with Crippen LogP contribution in [0.25, 0.3) is 6.08 Å². The molecule has 2 aromatic rings. The van der Waals surface area contributed by atoms with Gasteiger partial charge in [-0.15, -0.1) is 0 Å². The predicted molar refractivity (Wildman–Crippen MR) is 113 cm³/mol. The van der Waals surface area contributed by atoms with Crippen LogP contribution in [0.5, 0.6) is 0 Å². The molecule has 0 saturated carbocycles. The second-order valence-electron chi connectivity index (χ2n) is 6.06. The van der Waals surface area contributed by atoms with Gasteiger partial charge in [0.05, 0.1) is 19.4 Å². The molecule has 0 amide bonds. The molecular weight excluding hydrogens is 410 g/mol. The summed E-state index contributed by atoms with van der Waals surface area (Å²) in [7, 11) is 3.79. The number of morpholine rings is 1. The lowest BCUT2D eigenvalue weighted by molar-refractivity contribution is 0.122. The fraction of sp³-hybridized carbons (Fsp3) is 0.333. The zero-order chi connectivity index (χ0) is 19.1. The first-order valence-electron chi connectivity index (χ1n) is 8.59. The fourth-order valence-corrected chi connectivity index (χ4v) is 2.77. The highest BCUT2D eigenvalue weighted by Gasteiger charge is 2.17. The molecule has 8 nitrogen and oxygen atoms in total. The molecule has 0 spiro atoms. The Labute approximate surface area is 167 Å². The Morgan fingerprint density at radius 1 is 1.19 bits per heavy atom. The van der Waals surface area contributed by atoms with Gasteiger partial charge in [0.25, 0.3) is 0 Å². The first kappa shape index (κ1) is 19.2. The largest absolute Gasteiger partial charge is 0.378 e. The van der Waals surface area contributed by atoms with Crippen molar-refractivity contribution in [3.8, 4) is 0 Å². The number of nitrogens with zero attached hydrogens (tertiary/aromatic N) is 6. The lowest BCUT2D eigenvalue weighted by Gasteiger charge is -2.27. The first-order chi connectivity index (χ1) is 13.1. The Morgan fingerprint density at radius 2 is 1.93 bits per heavy atom. The average Bonchev–Trinajstić information content (AvgIpc) is 2.69. The second-order valence-corrected chi connectivity index (χ2v) is 6.98. The van der Waals surface area contributed by atoms with Gasteiger partial charge in [-0.3, -0.25) is 0 Å². The van der Waals surface area contributed by atoms with Gasteiger partial charge in [-0.2, -0.15) is 20.1 Å². The number of hydrogen-bond acceptors (Lipinski definition) is 8. The smallest absolute Gasteiger partial charge is 0.250 e. The van der Waals surface area contributed by atoms with Crippen LogP contribution < -0.4 is 15.2 Å². The molecule has 1 aromatic heterocycles. The number of benzene rings is 1. The van der Waals surface area contributed by atoms with Gasteiger partial charge in [-0.25, -0.2) is 5.43 Å². The van der Waals surface area contributed by atoms with E-state index in [0.29, 0.717) is 31.1 Å². The van der Waals surface area contributed by atoms with E-state index in [0.717, 1.165) is 23.1 Å². The van der Waals surface area contributed by atoms with Crippen molar-refractivity contribution in [3.05, 3.63) is 40.4 Å². The van der Waals surface area contributed by atoms with Crippen LogP contribution in [0, 0.1) is 0 Å². The number of anilines is 3. The number of hydrogen-bond donors (Lipinski definition) is 1. The standard InChI is InChI=1S/C18H22BrN7O/c1-25(2)17-21-16(22-18(23-17)26-8-10-27-11-9-26)24-20-13-15(19)12-14-6-4-3-5-7-14/h3-7,12-13H,8-11H2,1-2H3,(H,21,22,23,24). The molecule has 1 saturated heterocycles. The van der Waals surface area contributed by atoms with Crippen molar-refractivity contribution >= 4 is 46.1 Å². The molecule has 0 atom stereocenters. The summed E-state index contributed by atoms with van der Waals surface area (Å²) in [6, 6.07) is 10.00. The molecule has 1 aliphatic rings. The average molecular weight is 432 g/mol. The van der Waals surface area contributed by atoms with Crippen LogP contribution in [0.3, 0.4) is 0 Å². The van der Waals surface area contributed by atoms with E-state index in [1.165, 1.54) is 0 Å². The number of aromatic nitrogens is 3. The maximum absolute atomic E-state index is 5.40. The molecule has 1 aromatic carbocycles. The maximum atomic E-state index is 5.40. The van der Waals surface area contributed by atoms with E-state index in [1.54, 1.807) is 6.21 Å². The number of ether oxygens (including phenoxy) is 1. The minimum atomic E-state index is 0.395. The minimum Gasteiger partial charge on any atom is -0.378 e. The second kappa shape index (κ2) is 9.43. The van der Waals surface area contributed by atoms with Gasteiger partial charge in [-0.1, -0.05) is 30.3 Å². The van der Waals surface area contributed by atoms with E-state index >= 15 is 0 Å². The molecule has 142 valence electrons. The zero-order valence-corrected chi connectivity index (χ0v) is 16.9. The summed E-state index contributed by atoms with van der Waals surface area (Å²) in [4.78, 5) is 17.3. The number of allylic oxidation sites excluding steroid dienone is 1. The summed E-state index contributed by atoms with van der Waals surface area (Å²) in [6.07, 6.45) is 3.64. The topological polar surface area (TPSA) is 78.8 Å². The molecule has 0 bridgehead atoms. The van der Waals surface area contributed by atoms with Gasteiger partial charge in [0.2, 0.25) is 17.8 Å². The molecule has 3 rings (SSSR count). The van der Waals surface area contributed by atoms with Crippen LogP contribution in [-0.4, -0.2) is 61.6 Å². The summed E-state index contributed by atoms with van der Waals surface area (Å²) in [5, 5.41) is 4.22. The number of rotatable bonds is 6. The molecule has 0 unspecified atom stereocenters. The predicted octanol–water partition coefficient (Wildman–Crippen LogP) is 2.61. The highest BCUT2D eigenvalue weighted by molar-refractivity contribution is 9.12. The van der Waals surface area contributed by atoms with Gasteiger partial charge >= 0.3 is 0 Å². The monoisotopic (exact) mass is 431 g/mol. The summed E-state index contributed by atoms with van der Waals surface area (Å²) in [6.45, 7) is 2.85. The van der Waals surface area contributed by atoms with Crippen molar-refractivity contribution in [2.24, 2.45) is 5.10 Å². The Balaban J connectivity index is 1.73. The van der Waals surface area contributed by atoms with E-state index in [-0.39, 0.29) is 0 Å². The Kier molecular flexibility index (Phi) is 6.72. The molecule has 2 heterocycles. The molecule has 1 aliphatic heterocycles. The van der Waals surface area contributed by atoms with Crippen molar-refractivity contribution in [2.45, 2.75) is 0 Å². The van der Waals surface area contributed by atoms with Crippen LogP contribution in [0.15, 0.2) is 39.9 Å². The maximum Gasteiger partial charge on any atom is 0.250 e. The summed E-state index contributed by atoms with van der Waals surface area (Å²) in [5.74, 6) is 1.59. The lowest BCUT2D eigenvalue weighted by atomic mass is 10.2. The Morgan fingerprint density at radius 3 is 2.63 bits per heavy atom. The van der Waals surface area contributed by atoms with E-state index in [1.807, 2.05) is 55.4 Å². The van der Waals surface area contributed by atoms with Gasteiger partial charge in [0.1, 0.15) is 0 Å². The SMILES string of the molecule is CN(C)c1nc(NN=CC(Br)=Cc2ccccc2)nc(N2CCOCC2)n1. The zero-order valence-electron chi connectivity index (χ0n) is 15.3. The van der Waals surface area contributed by atoms with Gasteiger partial charge in [-0.05, 0) is 27.6 Å². The fourth-order valence-electron chi connectivity index (χ4n) is 2.41.